The highest BCUT2D eigenvalue weighted by Crippen LogP contribution is 2.20. The van der Waals surface area contributed by atoms with Gasteiger partial charge in [0.25, 0.3) is 0 Å². The summed E-state index contributed by atoms with van der Waals surface area (Å²) in [5.74, 6) is 0. The van der Waals surface area contributed by atoms with Gasteiger partial charge in [-0.15, -0.1) is 0 Å². The second-order valence-corrected chi connectivity index (χ2v) is 3.87. The lowest BCUT2D eigenvalue weighted by Crippen LogP contribution is -2.18. The minimum Gasteiger partial charge on any atom is -0.374 e. The quantitative estimate of drug-likeness (QED) is 0.657. The van der Waals surface area contributed by atoms with Gasteiger partial charge in [-0.05, 0) is 26.7 Å². The normalized spacial score (nSPS) is 19.6. The fourth-order valence-electron chi connectivity index (χ4n) is 1.65. The van der Waals surface area contributed by atoms with Gasteiger partial charge in [0.15, 0.2) is 0 Å². The van der Waals surface area contributed by atoms with Gasteiger partial charge in [-0.1, -0.05) is 18.2 Å². The maximum atomic E-state index is 6.20. The van der Waals surface area contributed by atoms with Crippen LogP contribution < -0.4 is 0 Å². The van der Waals surface area contributed by atoms with Crippen molar-refractivity contribution in [1.29, 1.82) is 0 Å². The first-order chi connectivity index (χ1) is 6.66. The largest absolute Gasteiger partial charge is 0.374 e. The Hall–Kier alpha value is -0.760. The molecular weight excluding hydrogens is 196 g/mol. The van der Waals surface area contributed by atoms with Crippen LogP contribution in [0.4, 0.5) is 0 Å². The van der Waals surface area contributed by atoms with E-state index in [1.807, 2.05) is 6.92 Å². The minimum absolute atomic E-state index is 0.756. The van der Waals surface area contributed by atoms with Crippen LogP contribution in [0.5, 0.6) is 0 Å². The maximum absolute atomic E-state index is 6.20. The topological polar surface area (TPSA) is 15.6 Å². The van der Waals surface area contributed by atoms with Crippen molar-refractivity contribution in [2.45, 2.75) is 26.7 Å². The van der Waals surface area contributed by atoms with Crippen LogP contribution in [-0.4, -0.2) is 23.7 Å². The van der Waals surface area contributed by atoms with Crippen molar-refractivity contribution in [2.75, 3.05) is 13.1 Å². The number of halogens is 1. The van der Waals surface area contributed by atoms with Crippen molar-refractivity contribution in [3.8, 4) is 0 Å². The summed E-state index contributed by atoms with van der Waals surface area (Å²) in [5, 5.41) is 0.756. The third-order valence-electron chi connectivity index (χ3n) is 2.50. The standard InChI is InChI=1S/C11H17ClN2/c1-4-13-9(2)11(12)10(3)14-7-5-6-8-14/h4H,1,5-8H2,2-3H3/b11-10-,13-9?. The average Bonchev–Trinajstić information content (AvgIpc) is 2.68. The van der Waals surface area contributed by atoms with E-state index < -0.39 is 0 Å². The molecule has 0 radical (unpaired) electrons. The highest BCUT2D eigenvalue weighted by molar-refractivity contribution is 6.43. The molecule has 2 nitrogen and oxygen atoms in total. The lowest BCUT2D eigenvalue weighted by Gasteiger charge is -2.19. The summed E-state index contributed by atoms with van der Waals surface area (Å²) in [6.07, 6.45) is 4.05. The Morgan fingerprint density at radius 2 is 1.93 bits per heavy atom. The van der Waals surface area contributed by atoms with Gasteiger partial charge in [0.2, 0.25) is 0 Å². The Kier molecular flexibility index (Phi) is 4.21. The zero-order valence-corrected chi connectivity index (χ0v) is 9.64. The van der Waals surface area contributed by atoms with E-state index in [0.29, 0.717) is 0 Å². The minimum atomic E-state index is 0.756. The molecule has 78 valence electrons. The summed E-state index contributed by atoms with van der Waals surface area (Å²) < 4.78 is 0. The van der Waals surface area contributed by atoms with Crippen molar-refractivity contribution in [3.63, 3.8) is 0 Å². The van der Waals surface area contributed by atoms with Gasteiger partial charge >= 0.3 is 0 Å². The highest BCUT2D eigenvalue weighted by Gasteiger charge is 2.15. The monoisotopic (exact) mass is 212 g/mol. The number of rotatable bonds is 3. The van der Waals surface area contributed by atoms with E-state index in [-0.39, 0.29) is 0 Å². The van der Waals surface area contributed by atoms with Crippen LogP contribution in [0, 0.1) is 0 Å². The van der Waals surface area contributed by atoms with Gasteiger partial charge in [0.05, 0.1) is 10.7 Å². The molecule has 0 spiro atoms. The Labute approximate surface area is 91.0 Å². The molecule has 0 aliphatic carbocycles. The van der Waals surface area contributed by atoms with Crippen LogP contribution in [0.3, 0.4) is 0 Å². The van der Waals surface area contributed by atoms with Crippen molar-refractivity contribution >= 4 is 17.3 Å². The molecule has 0 aromatic heterocycles. The number of likely N-dealkylation sites (tertiary alicyclic amines) is 1. The predicted octanol–water partition coefficient (Wildman–Crippen LogP) is 3.16. The first-order valence-electron chi connectivity index (χ1n) is 4.94. The third-order valence-corrected chi connectivity index (χ3v) is 3.05. The van der Waals surface area contributed by atoms with Crippen LogP contribution in [0.15, 0.2) is 28.5 Å². The van der Waals surface area contributed by atoms with E-state index in [9.17, 15) is 0 Å². The van der Waals surface area contributed by atoms with E-state index in [0.717, 1.165) is 29.5 Å². The zero-order valence-electron chi connectivity index (χ0n) is 8.89. The molecule has 1 rings (SSSR count). The molecule has 0 aromatic rings. The van der Waals surface area contributed by atoms with E-state index in [2.05, 4.69) is 23.4 Å². The fraction of sp³-hybridized carbons (Fsp3) is 0.545. The highest BCUT2D eigenvalue weighted by atomic mass is 35.5. The smallest absolute Gasteiger partial charge is 0.0806 e. The molecular formula is C11H17ClN2. The molecule has 0 bridgehead atoms. The van der Waals surface area contributed by atoms with E-state index >= 15 is 0 Å². The Balaban J connectivity index is 2.80. The van der Waals surface area contributed by atoms with Gasteiger partial charge in [0, 0.05) is 25.0 Å². The van der Waals surface area contributed by atoms with Gasteiger partial charge in [-0.25, -0.2) is 0 Å². The lowest BCUT2D eigenvalue weighted by molar-refractivity contribution is 0.427. The lowest BCUT2D eigenvalue weighted by atomic mass is 10.3. The Morgan fingerprint density at radius 3 is 2.43 bits per heavy atom. The molecule has 1 saturated heterocycles. The third kappa shape index (κ3) is 2.61. The second-order valence-electron chi connectivity index (χ2n) is 3.49. The summed E-state index contributed by atoms with van der Waals surface area (Å²) in [6, 6.07) is 0. The van der Waals surface area contributed by atoms with E-state index in [4.69, 9.17) is 11.6 Å². The fourth-order valence-corrected chi connectivity index (χ4v) is 1.82. The summed E-state index contributed by atoms with van der Waals surface area (Å²) in [4.78, 5) is 6.39. The first-order valence-corrected chi connectivity index (χ1v) is 5.31. The van der Waals surface area contributed by atoms with Crippen LogP contribution in [0.1, 0.15) is 26.7 Å². The van der Waals surface area contributed by atoms with Crippen molar-refractivity contribution < 1.29 is 0 Å². The zero-order chi connectivity index (χ0) is 10.6. The van der Waals surface area contributed by atoms with Crippen LogP contribution in [-0.2, 0) is 0 Å². The van der Waals surface area contributed by atoms with Crippen molar-refractivity contribution in [3.05, 3.63) is 23.5 Å². The molecule has 1 aliphatic rings. The Bertz CT molecular complexity index is 273. The molecule has 0 atom stereocenters. The molecule has 1 fully saturated rings. The molecule has 14 heavy (non-hydrogen) atoms. The molecule has 3 heteroatoms. The second kappa shape index (κ2) is 5.20. The van der Waals surface area contributed by atoms with Gasteiger partial charge < -0.3 is 4.90 Å². The van der Waals surface area contributed by atoms with Crippen molar-refractivity contribution in [2.24, 2.45) is 4.99 Å². The average molecular weight is 213 g/mol. The van der Waals surface area contributed by atoms with Crippen LogP contribution in [0.2, 0.25) is 0 Å². The summed E-state index contributed by atoms with van der Waals surface area (Å²) >= 11 is 6.20. The summed E-state index contributed by atoms with van der Waals surface area (Å²) in [5.41, 5.74) is 1.97. The number of hydrogen-bond acceptors (Lipinski definition) is 2. The number of allylic oxidation sites excluding steroid dienone is 2. The predicted molar refractivity (Wildman–Crippen MR) is 62.7 cm³/mol. The molecule has 0 aromatic carbocycles. The molecule has 0 unspecified atom stereocenters. The number of aliphatic imine (C=N–C) groups is 1. The Morgan fingerprint density at radius 1 is 1.36 bits per heavy atom. The van der Waals surface area contributed by atoms with Crippen LogP contribution in [0.25, 0.3) is 0 Å². The van der Waals surface area contributed by atoms with Crippen LogP contribution >= 0.6 is 11.6 Å². The summed E-state index contributed by atoms with van der Waals surface area (Å²) in [7, 11) is 0. The maximum Gasteiger partial charge on any atom is 0.0806 e. The molecule has 0 saturated carbocycles. The van der Waals surface area contributed by atoms with Gasteiger partial charge in [0.1, 0.15) is 0 Å². The molecule has 1 aliphatic heterocycles. The molecule has 0 N–H and O–H groups in total. The van der Waals surface area contributed by atoms with Gasteiger partial charge in [-0.3, -0.25) is 4.99 Å². The number of hydrogen-bond donors (Lipinski definition) is 0. The number of nitrogens with zero attached hydrogens (tertiary/aromatic N) is 2. The first kappa shape index (κ1) is 11.3. The molecule has 0 amide bonds. The SMILES string of the molecule is C=CN=C(C)/C(Cl)=C(\C)N1CCCC1. The van der Waals surface area contributed by atoms with Crippen molar-refractivity contribution in [1.82, 2.24) is 4.90 Å². The van der Waals surface area contributed by atoms with E-state index in [1.165, 1.54) is 19.0 Å². The van der Waals surface area contributed by atoms with E-state index in [1.54, 1.807) is 0 Å². The van der Waals surface area contributed by atoms with Gasteiger partial charge in [-0.2, -0.15) is 0 Å². The summed E-state index contributed by atoms with van der Waals surface area (Å²) in [6.45, 7) is 9.74. The molecule has 1 heterocycles.